The molecule has 19 heavy (non-hydrogen) atoms. The van der Waals surface area contributed by atoms with E-state index in [-0.39, 0.29) is 11.9 Å². The zero-order valence-corrected chi connectivity index (χ0v) is 11.0. The minimum absolute atomic E-state index is 0.259. The van der Waals surface area contributed by atoms with Crippen molar-refractivity contribution in [2.24, 2.45) is 0 Å². The van der Waals surface area contributed by atoms with Gasteiger partial charge in [-0.15, -0.1) is 0 Å². The topological polar surface area (TPSA) is 35.5 Å². The van der Waals surface area contributed by atoms with Crippen molar-refractivity contribution in [3.8, 4) is 17.2 Å². The second kappa shape index (κ2) is 4.59. The van der Waals surface area contributed by atoms with Gasteiger partial charge in [0.2, 0.25) is 0 Å². The highest BCUT2D eigenvalue weighted by Crippen LogP contribution is 2.43. The smallest absolute Gasteiger partial charge is 0.318 e. The van der Waals surface area contributed by atoms with E-state index in [1.165, 1.54) is 0 Å². The first-order valence-corrected chi connectivity index (χ1v) is 6.31. The van der Waals surface area contributed by atoms with Crippen LogP contribution in [0.1, 0.15) is 18.4 Å². The third kappa shape index (κ3) is 2.06. The lowest BCUT2D eigenvalue weighted by atomic mass is 10.0. The quantitative estimate of drug-likeness (QED) is 0.609. The number of hydrogen-bond acceptors (Lipinski definition) is 3. The van der Waals surface area contributed by atoms with E-state index >= 15 is 0 Å². The number of carbonyl (C=O) groups excluding carboxylic acids is 1. The molecule has 0 aromatic heterocycles. The Kier molecular flexibility index (Phi) is 2.91. The van der Waals surface area contributed by atoms with Gasteiger partial charge >= 0.3 is 5.97 Å². The number of halogens is 1. The van der Waals surface area contributed by atoms with Crippen molar-refractivity contribution in [2.45, 2.75) is 12.8 Å². The van der Waals surface area contributed by atoms with Crippen LogP contribution in [0.4, 0.5) is 0 Å². The Morgan fingerprint density at radius 3 is 2.63 bits per heavy atom. The van der Waals surface area contributed by atoms with Crippen LogP contribution >= 0.6 is 11.6 Å². The number of hydrogen-bond donors (Lipinski definition) is 0. The van der Waals surface area contributed by atoms with Gasteiger partial charge in [0.05, 0.1) is 10.9 Å². The monoisotopic (exact) mass is 274 g/mol. The van der Waals surface area contributed by atoms with Gasteiger partial charge in [0, 0.05) is 5.56 Å². The number of esters is 1. The summed E-state index contributed by atoms with van der Waals surface area (Å²) >= 11 is 6.05. The molecular formula is C15H11ClO3. The van der Waals surface area contributed by atoms with Crippen molar-refractivity contribution in [3.63, 3.8) is 0 Å². The van der Waals surface area contributed by atoms with Gasteiger partial charge in [0.15, 0.2) is 11.5 Å². The first-order valence-electron chi connectivity index (χ1n) is 5.94. The molecule has 0 aliphatic carbocycles. The van der Waals surface area contributed by atoms with Crippen LogP contribution < -0.4 is 9.47 Å². The fourth-order valence-corrected chi connectivity index (χ4v) is 2.20. The summed E-state index contributed by atoms with van der Waals surface area (Å²) in [5.74, 6) is 1.01. The fraction of sp³-hybridized carbons (Fsp3) is 0.133. The van der Waals surface area contributed by atoms with Crippen LogP contribution in [-0.4, -0.2) is 5.97 Å². The maximum absolute atomic E-state index is 11.6. The zero-order chi connectivity index (χ0) is 13.4. The lowest BCUT2D eigenvalue weighted by Gasteiger charge is -2.10. The van der Waals surface area contributed by atoms with E-state index in [0.717, 1.165) is 5.56 Å². The van der Waals surface area contributed by atoms with Crippen LogP contribution in [0, 0.1) is 0 Å². The van der Waals surface area contributed by atoms with Crippen molar-refractivity contribution < 1.29 is 14.3 Å². The highest BCUT2D eigenvalue weighted by atomic mass is 35.5. The van der Waals surface area contributed by atoms with Gasteiger partial charge in [0.1, 0.15) is 5.75 Å². The summed E-state index contributed by atoms with van der Waals surface area (Å²) in [6.45, 7) is 1.81. The Hall–Kier alpha value is -2.00. The Morgan fingerprint density at radius 2 is 1.84 bits per heavy atom. The van der Waals surface area contributed by atoms with Crippen LogP contribution in [0.5, 0.6) is 17.2 Å². The Labute approximate surface area is 115 Å². The molecule has 3 nitrogen and oxygen atoms in total. The SMILES string of the molecule is CC1C(=O)Oc2c(Oc3ccccc3Cl)cccc21. The molecule has 1 heterocycles. The molecular weight excluding hydrogens is 264 g/mol. The van der Waals surface area contributed by atoms with E-state index in [2.05, 4.69) is 0 Å². The van der Waals surface area contributed by atoms with Crippen LogP contribution in [0.2, 0.25) is 5.02 Å². The maximum atomic E-state index is 11.6. The molecule has 0 saturated carbocycles. The van der Waals surface area contributed by atoms with Crippen molar-refractivity contribution in [2.75, 3.05) is 0 Å². The molecule has 0 fully saturated rings. The molecule has 0 radical (unpaired) electrons. The fourth-order valence-electron chi connectivity index (χ4n) is 2.03. The van der Waals surface area contributed by atoms with Crippen LogP contribution in [0.15, 0.2) is 42.5 Å². The highest BCUT2D eigenvalue weighted by Gasteiger charge is 2.32. The van der Waals surface area contributed by atoms with Gasteiger partial charge in [-0.3, -0.25) is 4.79 Å². The van der Waals surface area contributed by atoms with E-state index in [0.29, 0.717) is 22.3 Å². The third-order valence-electron chi connectivity index (χ3n) is 3.09. The van der Waals surface area contributed by atoms with Gasteiger partial charge in [0.25, 0.3) is 0 Å². The molecule has 1 aliphatic rings. The molecule has 96 valence electrons. The van der Waals surface area contributed by atoms with E-state index < -0.39 is 0 Å². The number of carbonyl (C=O) groups is 1. The molecule has 1 aliphatic heterocycles. The summed E-state index contributed by atoms with van der Waals surface area (Å²) in [4.78, 5) is 11.6. The second-order valence-corrected chi connectivity index (χ2v) is 4.76. The number of para-hydroxylation sites is 2. The van der Waals surface area contributed by atoms with E-state index in [1.54, 1.807) is 18.2 Å². The molecule has 0 bridgehead atoms. The number of ether oxygens (including phenoxy) is 2. The van der Waals surface area contributed by atoms with Gasteiger partial charge in [-0.05, 0) is 25.1 Å². The number of benzene rings is 2. The molecule has 0 amide bonds. The average Bonchev–Trinajstić information content (AvgIpc) is 2.70. The van der Waals surface area contributed by atoms with Crippen molar-refractivity contribution in [1.82, 2.24) is 0 Å². The van der Waals surface area contributed by atoms with Crippen LogP contribution in [0.3, 0.4) is 0 Å². The van der Waals surface area contributed by atoms with Gasteiger partial charge in [-0.1, -0.05) is 35.9 Å². The first-order chi connectivity index (χ1) is 9.16. The number of rotatable bonds is 2. The molecule has 3 rings (SSSR count). The zero-order valence-electron chi connectivity index (χ0n) is 10.2. The summed E-state index contributed by atoms with van der Waals surface area (Å²) in [6, 6.07) is 12.6. The Bertz CT molecular complexity index is 652. The molecule has 4 heteroatoms. The normalized spacial score (nSPS) is 16.9. The average molecular weight is 275 g/mol. The summed E-state index contributed by atoms with van der Waals surface area (Å²) in [5.41, 5.74) is 0.842. The molecule has 0 spiro atoms. The van der Waals surface area contributed by atoms with Crippen molar-refractivity contribution in [3.05, 3.63) is 53.1 Å². The van der Waals surface area contributed by atoms with Crippen molar-refractivity contribution >= 4 is 17.6 Å². The molecule has 2 aromatic rings. The first kappa shape index (κ1) is 12.1. The predicted octanol–water partition coefficient (Wildman–Crippen LogP) is 4.15. The standard InChI is InChI=1S/C15H11ClO3/c1-9-10-5-4-8-13(14(10)19-15(9)17)18-12-7-3-2-6-11(12)16/h2-9H,1H3. The second-order valence-electron chi connectivity index (χ2n) is 4.35. The molecule has 1 unspecified atom stereocenters. The Balaban J connectivity index is 2.00. The van der Waals surface area contributed by atoms with Crippen LogP contribution in [0.25, 0.3) is 0 Å². The Morgan fingerprint density at radius 1 is 1.11 bits per heavy atom. The summed E-state index contributed by atoms with van der Waals surface area (Å²) < 4.78 is 11.0. The van der Waals surface area contributed by atoms with Gasteiger partial charge < -0.3 is 9.47 Å². The maximum Gasteiger partial charge on any atom is 0.318 e. The minimum Gasteiger partial charge on any atom is -0.452 e. The van der Waals surface area contributed by atoms with Gasteiger partial charge in [-0.25, -0.2) is 0 Å². The van der Waals surface area contributed by atoms with E-state index in [9.17, 15) is 4.79 Å². The molecule has 0 N–H and O–H groups in total. The number of fused-ring (bicyclic) bond motifs is 1. The summed E-state index contributed by atoms with van der Waals surface area (Å²) in [6.07, 6.45) is 0. The molecule has 2 aromatic carbocycles. The predicted molar refractivity (Wildman–Crippen MR) is 72.0 cm³/mol. The molecule has 1 atom stereocenters. The van der Waals surface area contributed by atoms with E-state index in [1.807, 2.05) is 31.2 Å². The lowest BCUT2D eigenvalue weighted by molar-refractivity contribution is -0.133. The summed E-state index contributed by atoms with van der Waals surface area (Å²) in [5, 5.41) is 0.512. The highest BCUT2D eigenvalue weighted by molar-refractivity contribution is 6.32. The minimum atomic E-state index is -0.259. The summed E-state index contributed by atoms with van der Waals surface area (Å²) in [7, 11) is 0. The van der Waals surface area contributed by atoms with Crippen LogP contribution in [-0.2, 0) is 4.79 Å². The molecule has 0 saturated heterocycles. The largest absolute Gasteiger partial charge is 0.452 e. The lowest BCUT2D eigenvalue weighted by Crippen LogP contribution is -2.05. The third-order valence-corrected chi connectivity index (χ3v) is 3.40. The van der Waals surface area contributed by atoms with Crippen molar-refractivity contribution in [1.29, 1.82) is 0 Å². The van der Waals surface area contributed by atoms with Gasteiger partial charge in [-0.2, -0.15) is 0 Å². The van der Waals surface area contributed by atoms with E-state index in [4.69, 9.17) is 21.1 Å².